The largest absolute Gasteiger partial charge is 0.382 e. The van der Waals surface area contributed by atoms with Crippen LogP contribution in [-0.2, 0) is 16.0 Å². The van der Waals surface area contributed by atoms with Gasteiger partial charge in [0.1, 0.15) is 0 Å². The van der Waals surface area contributed by atoms with Crippen molar-refractivity contribution in [2.24, 2.45) is 0 Å². The van der Waals surface area contributed by atoms with Crippen molar-refractivity contribution in [2.45, 2.75) is 26.2 Å². The third-order valence-corrected chi connectivity index (χ3v) is 5.07. The van der Waals surface area contributed by atoms with E-state index < -0.39 is 8.07 Å². The minimum absolute atomic E-state index is 0.665. The standard InChI is InChI=1S/C15H27NO2Si/c1-17-11-12-18-10-9-16-13-14-5-7-15(8-6-14)19(2,3)4/h5-8,16H,9-13H2,1-4H3. The van der Waals surface area contributed by atoms with Crippen molar-refractivity contribution < 1.29 is 9.47 Å². The second-order valence-corrected chi connectivity index (χ2v) is 10.8. The predicted octanol–water partition coefficient (Wildman–Crippen LogP) is 1.98. The van der Waals surface area contributed by atoms with E-state index in [1.54, 1.807) is 7.11 Å². The van der Waals surface area contributed by atoms with Crippen LogP contribution in [0.4, 0.5) is 0 Å². The van der Waals surface area contributed by atoms with Gasteiger partial charge in [0.25, 0.3) is 0 Å². The van der Waals surface area contributed by atoms with E-state index in [0.29, 0.717) is 13.2 Å². The zero-order valence-electron chi connectivity index (χ0n) is 12.7. The van der Waals surface area contributed by atoms with E-state index in [4.69, 9.17) is 9.47 Å². The Morgan fingerprint density at radius 2 is 1.68 bits per heavy atom. The van der Waals surface area contributed by atoms with Crippen molar-refractivity contribution >= 4 is 13.3 Å². The first-order valence-electron chi connectivity index (χ1n) is 6.91. The highest BCUT2D eigenvalue weighted by Gasteiger charge is 2.15. The van der Waals surface area contributed by atoms with Gasteiger partial charge in [-0.05, 0) is 5.56 Å². The molecule has 0 radical (unpaired) electrons. The topological polar surface area (TPSA) is 30.5 Å². The average Bonchev–Trinajstić information content (AvgIpc) is 2.37. The summed E-state index contributed by atoms with van der Waals surface area (Å²) in [5, 5.41) is 4.90. The summed E-state index contributed by atoms with van der Waals surface area (Å²) in [5.41, 5.74) is 1.33. The van der Waals surface area contributed by atoms with Crippen molar-refractivity contribution in [2.75, 3.05) is 33.5 Å². The molecule has 4 heteroatoms. The van der Waals surface area contributed by atoms with E-state index in [0.717, 1.165) is 19.7 Å². The van der Waals surface area contributed by atoms with Crippen molar-refractivity contribution in [1.82, 2.24) is 5.32 Å². The highest BCUT2D eigenvalue weighted by atomic mass is 28.3. The van der Waals surface area contributed by atoms with Crippen LogP contribution in [0.3, 0.4) is 0 Å². The maximum atomic E-state index is 5.39. The molecular formula is C15H27NO2Si. The highest BCUT2D eigenvalue weighted by molar-refractivity contribution is 6.88. The van der Waals surface area contributed by atoms with Gasteiger partial charge in [-0.25, -0.2) is 0 Å². The smallest absolute Gasteiger partial charge is 0.0775 e. The SMILES string of the molecule is COCCOCCNCc1ccc([Si](C)(C)C)cc1. The van der Waals surface area contributed by atoms with E-state index in [1.807, 2.05) is 0 Å². The van der Waals surface area contributed by atoms with Crippen LogP contribution < -0.4 is 10.5 Å². The van der Waals surface area contributed by atoms with Gasteiger partial charge in [0.2, 0.25) is 0 Å². The first kappa shape index (κ1) is 16.4. The van der Waals surface area contributed by atoms with Gasteiger partial charge in [-0.1, -0.05) is 49.1 Å². The summed E-state index contributed by atoms with van der Waals surface area (Å²) in [4.78, 5) is 0. The van der Waals surface area contributed by atoms with Crippen LogP contribution in [0.15, 0.2) is 24.3 Å². The van der Waals surface area contributed by atoms with Gasteiger partial charge in [-0.2, -0.15) is 0 Å². The van der Waals surface area contributed by atoms with Gasteiger partial charge >= 0.3 is 0 Å². The van der Waals surface area contributed by atoms with Crippen LogP contribution in [0, 0.1) is 0 Å². The zero-order valence-corrected chi connectivity index (χ0v) is 13.7. The van der Waals surface area contributed by atoms with E-state index in [9.17, 15) is 0 Å². The number of ether oxygens (including phenoxy) is 2. The Labute approximate surface area is 118 Å². The quantitative estimate of drug-likeness (QED) is 0.555. The van der Waals surface area contributed by atoms with Crippen LogP contribution in [0.1, 0.15) is 5.56 Å². The number of nitrogens with one attached hydrogen (secondary N) is 1. The fourth-order valence-corrected chi connectivity index (χ4v) is 2.91. The molecule has 0 fully saturated rings. The Morgan fingerprint density at radius 1 is 1.00 bits per heavy atom. The lowest BCUT2D eigenvalue weighted by molar-refractivity contribution is 0.0719. The number of rotatable bonds is 9. The first-order chi connectivity index (χ1) is 9.04. The van der Waals surface area contributed by atoms with Crippen LogP contribution in [-0.4, -0.2) is 41.5 Å². The predicted molar refractivity (Wildman–Crippen MR) is 83.8 cm³/mol. The summed E-state index contributed by atoms with van der Waals surface area (Å²) in [5.74, 6) is 0. The Bertz CT molecular complexity index is 346. The van der Waals surface area contributed by atoms with Gasteiger partial charge in [0.15, 0.2) is 0 Å². The van der Waals surface area contributed by atoms with Crippen LogP contribution in [0.2, 0.25) is 19.6 Å². The van der Waals surface area contributed by atoms with Crippen molar-refractivity contribution in [1.29, 1.82) is 0 Å². The Kier molecular flexibility index (Phi) is 7.31. The molecule has 0 spiro atoms. The summed E-state index contributed by atoms with van der Waals surface area (Å²) in [6.45, 7) is 11.0. The molecule has 1 N–H and O–H groups in total. The number of methoxy groups -OCH3 is 1. The lowest BCUT2D eigenvalue weighted by Gasteiger charge is -2.16. The Morgan fingerprint density at radius 3 is 2.26 bits per heavy atom. The monoisotopic (exact) mass is 281 g/mol. The highest BCUT2D eigenvalue weighted by Crippen LogP contribution is 2.04. The first-order valence-corrected chi connectivity index (χ1v) is 10.4. The lowest BCUT2D eigenvalue weighted by atomic mass is 10.2. The molecule has 3 nitrogen and oxygen atoms in total. The normalized spacial score (nSPS) is 11.8. The summed E-state index contributed by atoms with van der Waals surface area (Å²) in [6, 6.07) is 9.01. The molecule has 1 rings (SSSR count). The maximum absolute atomic E-state index is 5.39. The summed E-state index contributed by atoms with van der Waals surface area (Å²) in [7, 11) is 0.521. The number of hydrogen-bond acceptors (Lipinski definition) is 3. The second-order valence-electron chi connectivity index (χ2n) is 5.73. The molecule has 0 bridgehead atoms. The van der Waals surface area contributed by atoms with E-state index >= 15 is 0 Å². The van der Waals surface area contributed by atoms with Crippen LogP contribution in [0.5, 0.6) is 0 Å². The minimum Gasteiger partial charge on any atom is -0.382 e. The molecule has 0 saturated carbocycles. The van der Waals surface area contributed by atoms with Gasteiger partial charge in [0.05, 0.1) is 27.9 Å². The van der Waals surface area contributed by atoms with Gasteiger partial charge in [0, 0.05) is 20.2 Å². The van der Waals surface area contributed by atoms with Gasteiger partial charge < -0.3 is 14.8 Å². The molecule has 1 aromatic rings. The molecule has 0 aliphatic heterocycles. The Balaban J connectivity index is 2.20. The summed E-state index contributed by atoms with van der Waals surface area (Å²) < 4.78 is 10.3. The molecule has 0 aromatic heterocycles. The van der Waals surface area contributed by atoms with E-state index in [2.05, 4.69) is 49.2 Å². The molecule has 0 heterocycles. The van der Waals surface area contributed by atoms with Crippen LogP contribution in [0.25, 0.3) is 0 Å². The molecule has 0 unspecified atom stereocenters. The summed E-state index contributed by atoms with van der Waals surface area (Å²) >= 11 is 0. The van der Waals surface area contributed by atoms with Crippen molar-refractivity contribution in [3.05, 3.63) is 29.8 Å². The lowest BCUT2D eigenvalue weighted by Crippen LogP contribution is -2.37. The van der Waals surface area contributed by atoms with Crippen molar-refractivity contribution in [3.8, 4) is 0 Å². The fraction of sp³-hybridized carbons (Fsp3) is 0.600. The molecule has 108 valence electrons. The average molecular weight is 281 g/mol. The molecule has 0 amide bonds. The maximum Gasteiger partial charge on any atom is 0.0775 e. The third kappa shape index (κ3) is 6.87. The fourth-order valence-electron chi connectivity index (χ4n) is 1.74. The molecule has 19 heavy (non-hydrogen) atoms. The number of benzene rings is 1. The minimum atomic E-state index is -1.17. The van der Waals surface area contributed by atoms with Gasteiger partial charge in [-0.3, -0.25) is 0 Å². The zero-order chi connectivity index (χ0) is 14.1. The molecule has 0 saturated heterocycles. The molecule has 0 aliphatic rings. The van der Waals surface area contributed by atoms with E-state index in [1.165, 1.54) is 10.8 Å². The molecule has 0 aliphatic carbocycles. The number of hydrogen-bond donors (Lipinski definition) is 1. The Hall–Kier alpha value is -0.683. The van der Waals surface area contributed by atoms with E-state index in [-0.39, 0.29) is 0 Å². The van der Waals surface area contributed by atoms with Gasteiger partial charge in [-0.15, -0.1) is 0 Å². The van der Waals surface area contributed by atoms with Crippen LogP contribution >= 0.6 is 0 Å². The molecule has 1 aromatic carbocycles. The molecular weight excluding hydrogens is 254 g/mol. The molecule has 0 atom stereocenters. The third-order valence-electron chi connectivity index (χ3n) is 3.00. The van der Waals surface area contributed by atoms with Crippen molar-refractivity contribution in [3.63, 3.8) is 0 Å². The summed E-state index contributed by atoms with van der Waals surface area (Å²) in [6.07, 6.45) is 0. The second kappa shape index (κ2) is 8.48.